The lowest BCUT2D eigenvalue weighted by molar-refractivity contribution is -0.384. The maximum Gasteiger partial charge on any atom is 0.269 e. The number of methoxy groups -OCH3 is 1. The molecule has 2 N–H and O–H groups in total. The van der Waals surface area contributed by atoms with Gasteiger partial charge < -0.3 is 15.0 Å². The van der Waals surface area contributed by atoms with Crippen molar-refractivity contribution in [1.82, 2.24) is 10.1 Å². The Kier molecular flexibility index (Phi) is 4.38. The van der Waals surface area contributed by atoms with Crippen LogP contribution in [0.15, 0.2) is 28.8 Å². The molecule has 8 nitrogen and oxygen atoms in total. The fourth-order valence-corrected chi connectivity index (χ4v) is 1.68. The summed E-state index contributed by atoms with van der Waals surface area (Å²) in [7, 11) is 1.57. The minimum Gasteiger partial charge on any atom is -0.383 e. The van der Waals surface area contributed by atoms with Gasteiger partial charge in [-0.1, -0.05) is 5.16 Å². The topological polar surface area (TPSA) is 117 Å². The van der Waals surface area contributed by atoms with E-state index in [1.54, 1.807) is 19.2 Å². The molecule has 1 aromatic heterocycles. The van der Waals surface area contributed by atoms with Crippen LogP contribution in [0.25, 0.3) is 11.4 Å². The van der Waals surface area contributed by atoms with Crippen molar-refractivity contribution >= 4 is 5.69 Å². The summed E-state index contributed by atoms with van der Waals surface area (Å²) in [6, 6.07) is 5.71. The first-order chi connectivity index (χ1) is 9.60. The van der Waals surface area contributed by atoms with Gasteiger partial charge in [0, 0.05) is 37.3 Å². The van der Waals surface area contributed by atoms with E-state index in [9.17, 15) is 10.1 Å². The van der Waals surface area contributed by atoms with E-state index >= 15 is 0 Å². The number of aromatic nitrogens is 2. The number of nitro groups is 1. The van der Waals surface area contributed by atoms with E-state index in [0.717, 1.165) is 0 Å². The molecule has 2 aromatic rings. The molecule has 1 heterocycles. The lowest BCUT2D eigenvalue weighted by Gasteiger charge is -2.05. The van der Waals surface area contributed by atoms with E-state index in [1.165, 1.54) is 12.1 Å². The molecular weight excluding hydrogens is 264 g/mol. The zero-order valence-electron chi connectivity index (χ0n) is 10.9. The van der Waals surface area contributed by atoms with Crippen LogP contribution in [-0.2, 0) is 11.2 Å². The first-order valence-corrected chi connectivity index (χ1v) is 5.92. The fourth-order valence-electron chi connectivity index (χ4n) is 1.68. The normalized spacial score (nSPS) is 12.3. The van der Waals surface area contributed by atoms with Gasteiger partial charge in [0.2, 0.25) is 11.7 Å². The largest absolute Gasteiger partial charge is 0.383 e. The Morgan fingerprint density at radius 1 is 1.45 bits per heavy atom. The Balaban J connectivity index is 2.10. The maximum absolute atomic E-state index is 10.6. The molecule has 2 rings (SSSR count). The third-order valence-corrected chi connectivity index (χ3v) is 2.62. The Hall–Kier alpha value is -2.32. The molecule has 0 saturated heterocycles. The highest BCUT2D eigenvalue weighted by Gasteiger charge is 2.13. The molecule has 0 saturated carbocycles. The number of non-ortho nitro benzene ring substituents is 1. The van der Waals surface area contributed by atoms with Crippen molar-refractivity contribution in [2.75, 3.05) is 13.7 Å². The number of ether oxygens (including phenoxy) is 1. The van der Waals surface area contributed by atoms with Gasteiger partial charge in [0.05, 0.1) is 11.5 Å². The average Bonchev–Trinajstić information content (AvgIpc) is 2.87. The molecule has 106 valence electrons. The Labute approximate surface area is 114 Å². The van der Waals surface area contributed by atoms with Crippen LogP contribution in [-0.4, -0.2) is 34.8 Å². The first kappa shape index (κ1) is 14.1. The first-order valence-electron chi connectivity index (χ1n) is 5.92. The van der Waals surface area contributed by atoms with Crippen molar-refractivity contribution in [2.24, 2.45) is 5.73 Å². The van der Waals surface area contributed by atoms with Gasteiger partial charge in [-0.3, -0.25) is 10.1 Å². The summed E-state index contributed by atoms with van der Waals surface area (Å²) in [6.45, 7) is 0.398. The zero-order chi connectivity index (χ0) is 14.5. The highest BCUT2D eigenvalue weighted by molar-refractivity contribution is 5.56. The smallest absolute Gasteiger partial charge is 0.269 e. The summed E-state index contributed by atoms with van der Waals surface area (Å²) < 4.78 is 10.0. The van der Waals surface area contributed by atoms with Gasteiger partial charge in [-0.2, -0.15) is 4.98 Å². The molecule has 20 heavy (non-hydrogen) atoms. The molecule has 1 unspecified atom stereocenters. The molecule has 0 bridgehead atoms. The Bertz CT molecular complexity index is 581. The fraction of sp³-hybridized carbons (Fsp3) is 0.333. The number of nitrogens with two attached hydrogens (primary N) is 1. The summed E-state index contributed by atoms with van der Waals surface area (Å²) in [5.41, 5.74) is 6.45. The van der Waals surface area contributed by atoms with E-state index in [0.29, 0.717) is 30.3 Å². The van der Waals surface area contributed by atoms with Crippen molar-refractivity contribution in [2.45, 2.75) is 12.5 Å². The summed E-state index contributed by atoms with van der Waals surface area (Å²) >= 11 is 0. The van der Waals surface area contributed by atoms with Gasteiger partial charge in [-0.05, 0) is 12.1 Å². The molecule has 0 aliphatic heterocycles. The summed E-state index contributed by atoms with van der Waals surface area (Å²) in [5, 5.41) is 14.4. The molecule has 0 fully saturated rings. The predicted octanol–water partition coefficient (Wildman–Crippen LogP) is 1.16. The third kappa shape index (κ3) is 3.37. The molecule has 1 aromatic carbocycles. The van der Waals surface area contributed by atoms with Gasteiger partial charge in [0.15, 0.2) is 0 Å². The molecule has 8 heteroatoms. The molecule has 0 aliphatic carbocycles. The van der Waals surface area contributed by atoms with Crippen LogP contribution < -0.4 is 5.73 Å². The van der Waals surface area contributed by atoms with E-state index in [-0.39, 0.29) is 11.7 Å². The van der Waals surface area contributed by atoms with E-state index in [4.69, 9.17) is 15.0 Å². The lowest BCUT2D eigenvalue weighted by Crippen LogP contribution is -2.28. The van der Waals surface area contributed by atoms with Crippen LogP contribution in [0.2, 0.25) is 0 Å². The van der Waals surface area contributed by atoms with Crippen molar-refractivity contribution in [3.63, 3.8) is 0 Å². The summed E-state index contributed by atoms with van der Waals surface area (Å²) in [4.78, 5) is 14.3. The molecular formula is C12H14N4O4. The highest BCUT2D eigenvalue weighted by atomic mass is 16.6. The van der Waals surface area contributed by atoms with E-state index in [2.05, 4.69) is 10.1 Å². The van der Waals surface area contributed by atoms with Gasteiger partial charge in [-0.25, -0.2) is 0 Å². The number of nitro benzene ring substituents is 1. The molecule has 1 atom stereocenters. The van der Waals surface area contributed by atoms with Gasteiger partial charge in [0.25, 0.3) is 5.69 Å². The second-order valence-corrected chi connectivity index (χ2v) is 4.24. The maximum atomic E-state index is 10.6. The second kappa shape index (κ2) is 6.22. The second-order valence-electron chi connectivity index (χ2n) is 4.24. The Morgan fingerprint density at radius 2 is 2.15 bits per heavy atom. The summed E-state index contributed by atoms with van der Waals surface area (Å²) in [5.74, 6) is 0.780. The van der Waals surface area contributed by atoms with Crippen LogP contribution >= 0.6 is 0 Å². The standard InChI is InChI=1S/C12H14N4O4/c1-19-7-9(13)6-11-14-12(15-20-11)8-2-4-10(5-3-8)16(17)18/h2-5,9H,6-7,13H2,1H3. The van der Waals surface area contributed by atoms with Crippen LogP contribution in [0.1, 0.15) is 5.89 Å². The molecule has 0 aliphatic rings. The molecule has 0 amide bonds. The van der Waals surface area contributed by atoms with Crippen molar-refractivity contribution in [1.29, 1.82) is 0 Å². The number of rotatable bonds is 6. The number of hydrogen-bond donors (Lipinski definition) is 1. The van der Waals surface area contributed by atoms with Gasteiger partial charge in [0.1, 0.15) is 0 Å². The van der Waals surface area contributed by atoms with E-state index < -0.39 is 4.92 Å². The van der Waals surface area contributed by atoms with Crippen LogP contribution in [0, 0.1) is 10.1 Å². The minimum absolute atomic E-state index is 0.0135. The molecule has 0 spiro atoms. The number of hydrogen-bond acceptors (Lipinski definition) is 7. The van der Waals surface area contributed by atoms with Gasteiger partial charge >= 0.3 is 0 Å². The van der Waals surface area contributed by atoms with Crippen molar-refractivity contribution in [3.8, 4) is 11.4 Å². The van der Waals surface area contributed by atoms with Crippen LogP contribution in [0.4, 0.5) is 5.69 Å². The predicted molar refractivity (Wildman–Crippen MR) is 69.9 cm³/mol. The van der Waals surface area contributed by atoms with Gasteiger partial charge in [-0.15, -0.1) is 0 Å². The van der Waals surface area contributed by atoms with Crippen LogP contribution in [0.5, 0.6) is 0 Å². The monoisotopic (exact) mass is 278 g/mol. The van der Waals surface area contributed by atoms with E-state index in [1.807, 2.05) is 0 Å². The number of benzene rings is 1. The number of nitrogens with zero attached hydrogens (tertiary/aromatic N) is 3. The SMILES string of the molecule is COCC(N)Cc1nc(-c2ccc([N+](=O)[O-])cc2)no1. The average molecular weight is 278 g/mol. The highest BCUT2D eigenvalue weighted by Crippen LogP contribution is 2.20. The summed E-state index contributed by atoms with van der Waals surface area (Å²) in [6.07, 6.45) is 0.411. The zero-order valence-corrected chi connectivity index (χ0v) is 10.9. The quantitative estimate of drug-likeness (QED) is 0.622. The van der Waals surface area contributed by atoms with Crippen molar-refractivity contribution in [3.05, 3.63) is 40.3 Å². The Morgan fingerprint density at radius 3 is 2.75 bits per heavy atom. The lowest BCUT2D eigenvalue weighted by atomic mass is 10.2. The molecule has 0 radical (unpaired) electrons. The van der Waals surface area contributed by atoms with Crippen molar-refractivity contribution < 1.29 is 14.2 Å². The third-order valence-electron chi connectivity index (χ3n) is 2.62. The van der Waals surface area contributed by atoms with Crippen LogP contribution in [0.3, 0.4) is 0 Å². The minimum atomic E-state index is -0.463.